The minimum absolute atomic E-state index is 0.146. The van der Waals surface area contributed by atoms with Crippen LogP contribution in [0.2, 0.25) is 5.02 Å². The summed E-state index contributed by atoms with van der Waals surface area (Å²) in [5.41, 5.74) is 5.20. The first-order chi connectivity index (χ1) is 25.3. The van der Waals surface area contributed by atoms with Crippen LogP contribution in [-0.2, 0) is 23.7 Å². The van der Waals surface area contributed by atoms with Crippen molar-refractivity contribution >= 4 is 57.8 Å². The van der Waals surface area contributed by atoms with Crippen molar-refractivity contribution in [1.82, 2.24) is 10.3 Å². The van der Waals surface area contributed by atoms with Gasteiger partial charge >= 0.3 is 0 Å². The van der Waals surface area contributed by atoms with Crippen LogP contribution in [-0.4, -0.2) is 22.1 Å². The van der Waals surface area contributed by atoms with Crippen LogP contribution in [0.3, 0.4) is 0 Å². The van der Waals surface area contributed by atoms with Crippen LogP contribution in [0.1, 0.15) is 84.9 Å². The fourth-order valence-corrected chi connectivity index (χ4v) is 5.94. The molecule has 0 saturated carbocycles. The quantitative estimate of drug-likeness (QED) is 0.0977. The number of nitrogens with zero attached hydrogens (tertiary/aromatic N) is 2. The molecule has 0 radical (unpaired) electrons. The van der Waals surface area contributed by atoms with Crippen LogP contribution < -0.4 is 21.3 Å². The van der Waals surface area contributed by atoms with Gasteiger partial charge in [-0.1, -0.05) is 87.7 Å². The lowest BCUT2D eigenvalue weighted by Gasteiger charge is -2.22. The van der Waals surface area contributed by atoms with Gasteiger partial charge in [0.2, 0.25) is 0 Å². The van der Waals surface area contributed by atoms with E-state index in [2.05, 4.69) is 59.3 Å². The van der Waals surface area contributed by atoms with Gasteiger partial charge in [0.25, 0.3) is 11.8 Å². The first kappa shape index (κ1) is 36.9. The molecule has 0 unspecified atom stereocenters. The molecule has 0 aliphatic heterocycles. The lowest BCUT2D eigenvalue weighted by atomic mass is 9.83. The van der Waals surface area contributed by atoms with Gasteiger partial charge in [-0.15, -0.1) is 0 Å². The maximum atomic E-state index is 13.3. The lowest BCUT2D eigenvalue weighted by Crippen LogP contribution is -2.21. The highest BCUT2D eigenvalue weighted by atomic mass is 35.5. The summed E-state index contributed by atoms with van der Waals surface area (Å²) in [6, 6.07) is 31.4. The van der Waals surface area contributed by atoms with Crippen LogP contribution in [0, 0.1) is 0 Å². The largest absolute Gasteiger partial charge is 0.359 e. The summed E-state index contributed by atoms with van der Waals surface area (Å²) in [6.07, 6.45) is 1.42. The molecule has 2 aromatic heterocycles. The van der Waals surface area contributed by atoms with Crippen molar-refractivity contribution in [2.45, 2.75) is 65.2 Å². The highest BCUT2D eigenvalue weighted by Gasteiger charge is 2.28. The molecule has 0 aliphatic carbocycles. The van der Waals surface area contributed by atoms with Gasteiger partial charge in [0, 0.05) is 51.3 Å². The first-order valence-corrected chi connectivity index (χ1v) is 17.8. The Balaban J connectivity index is 1.05. The molecule has 6 aromatic rings. The Morgan fingerprint density at radius 1 is 0.660 bits per heavy atom. The topological polar surface area (TPSA) is 134 Å². The second kappa shape index (κ2) is 15.4. The predicted octanol–water partition coefficient (Wildman–Crippen LogP) is 10.7. The molecule has 10 nitrogen and oxygen atoms in total. The van der Waals surface area contributed by atoms with E-state index >= 15 is 0 Å². The molecule has 53 heavy (non-hydrogen) atoms. The Morgan fingerprint density at radius 3 is 1.70 bits per heavy atom. The lowest BCUT2D eigenvalue weighted by molar-refractivity contribution is 0.101. The Bertz CT molecular complexity index is 2200. The number of amides is 2. The number of carbonyl (C=O) groups is 2. The number of aryl methyl sites for hydroxylation is 1. The number of nitrogens with one attached hydrogen (secondary N) is 4. The Labute approximate surface area is 314 Å². The Morgan fingerprint density at radius 2 is 1.17 bits per heavy atom. The molecule has 4 aromatic carbocycles. The number of halogens is 1. The average molecular weight is 731 g/mol. The van der Waals surface area contributed by atoms with E-state index in [9.17, 15) is 9.59 Å². The summed E-state index contributed by atoms with van der Waals surface area (Å²) >= 11 is 6.85. The van der Waals surface area contributed by atoms with Crippen molar-refractivity contribution in [3.63, 3.8) is 0 Å². The van der Waals surface area contributed by atoms with Crippen LogP contribution in [0.25, 0.3) is 0 Å². The van der Waals surface area contributed by atoms with E-state index in [1.165, 1.54) is 5.56 Å². The number of carbonyl (C=O) groups excluding carboxylic acids is 2. The third-order valence-corrected chi connectivity index (χ3v) is 9.28. The molecule has 2 amide bonds. The monoisotopic (exact) mass is 730 g/mol. The summed E-state index contributed by atoms with van der Waals surface area (Å²) in [5.74, 6) is 2.10. The summed E-state index contributed by atoms with van der Waals surface area (Å²) in [4.78, 5) is 26.0. The molecule has 0 bridgehead atoms. The zero-order chi connectivity index (χ0) is 37.8. The molecular formula is C42H43ClN6O4. The molecule has 272 valence electrons. The number of hydrogen-bond donors (Lipinski definition) is 4. The normalized spacial score (nSPS) is 11.6. The highest BCUT2D eigenvalue weighted by molar-refractivity contribution is 6.35. The average Bonchev–Trinajstić information content (AvgIpc) is 3.82. The van der Waals surface area contributed by atoms with E-state index in [0.29, 0.717) is 51.3 Å². The van der Waals surface area contributed by atoms with Crippen LogP contribution in [0.5, 0.6) is 0 Å². The fraction of sp³-hybridized carbons (Fsp3) is 0.238. The van der Waals surface area contributed by atoms with Gasteiger partial charge in [-0.25, -0.2) is 0 Å². The number of anilines is 6. The van der Waals surface area contributed by atoms with E-state index in [-0.39, 0.29) is 17.2 Å². The van der Waals surface area contributed by atoms with Crippen LogP contribution in [0.4, 0.5) is 34.4 Å². The molecule has 0 spiro atoms. The molecule has 4 N–H and O–H groups in total. The zero-order valence-electron chi connectivity index (χ0n) is 30.6. The molecule has 0 fully saturated rings. The van der Waals surface area contributed by atoms with Gasteiger partial charge in [0.15, 0.2) is 11.6 Å². The van der Waals surface area contributed by atoms with Crippen molar-refractivity contribution in [2.75, 3.05) is 21.3 Å². The summed E-state index contributed by atoms with van der Waals surface area (Å²) in [7, 11) is 0. The third-order valence-electron chi connectivity index (χ3n) is 8.84. The minimum atomic E-state index is -0.505. The molecule has 11 heteroatoms. The summed E-state index contributed by atoms with van der Waals surface area (Å²) in [6.45, 7) is 12.3. The third kappa shape index (κ3) is 9.14. The Kier molecular flexibility index (Phi) is 10.7. The molecule has 0 atom stereocenters. The second-order valence-corrected chi connectivity index (χ2v) is 15.0. The molecular weight excluding hydrogens is 688 g/mol. The fourth-order valence-electron chi connectivity index (χ4n) is 5.66. The first-order valence-electron chi connectivity index (χ1n) is 17.4. The van der Waals surface area contributed by atoms with Crippen LogP contribution in [0.15, 0.2) is 112 Å². The van der Waals surface area contributed by atoms with E-state index in [4.69, 9.17) is 20.6 Å². The smallest absolute Gasteiger partial charge is 0.257 e. The van der Waals surface area contributed by atoms with Crippen molar-refractivity contribution in [2.24, 2.45) is 0 Å². The van der Waals surface area contributed by atoms with Gasteiger partial charge < -0.3 is 30.3 Å². The van der Waals surface area contributed by atoms with Crippen LogP contribution >= 0.6 is 11.6 Å². The number of rotatable bonds is 12. The zero-order valence-corrected chi connectivity index (χ0v) is 31.4. The molecule has 0 saturated heterocycles. The second-order valence-electron chi connectivity index (χ2n) is 14.6. The van der Waals surface area contributed by atoms with Gasteiger partial charge in [0.05, 0.1) is 10.6 Å². The van der Waals surface area contributed by atoms with Crippen molar-refractivity contribution < 1.29 is 18.6 Å². The van der Waals surface area contributed by atoms with E-state index in [0.717, 1.165) is 29.1 Å². The Hall–Kier alpha value is -5.87. The maximum absolute atomic E-state index is 13.3. The van der Waals surface area contributed by atoms with Gasteiger partial charge in [0.1, 0.15) is 11.5 Å². The number of benzene rings is 4. The number of aromatic nitrogens is 2. The van der Waals surface area contributed by atoms with Gasteiger partial charge in [-0.05, 0) is 90.7 Å². The van der Waals surface area contributed by atoms with Crippen molar-refractivity contribution in [3.8, 4) is 0 Å². The van der Waals surface area contributed by atoms with Gasteiger partial charge in [-0.3, -0.25) is 9.59 Å². The van der Waals surface area contributed by atoms with E-state index in [1.54, 1.807) is 18.2 Å². The predicted molar refractivity (Wildman–Crippen MR) is 211 cm³/mol. The van der Waals surface area contributed by atoms with Gasteiger partial charge in [-0.2, -0.15) is 0 Å². The number of hydrogen-bond acceptors (Lipinski definition) is 8. The summed E-state index contributed by atoms with van der Waals surface area (Å²) in [5, 5.41) is 21.1. The minimum Gasteiger partial charge on any atom is -0.359 e. The molecule has 6 rings (SSSR count). The SMILES string of the molecule is CCc1ccc(C(=O)Nc2ccc(Nc3cc(C(C)(C)Cc4cccc(C(=O)Nc5ccc(Nc6cc(C(C)(C)C)on6)cc5)c4Cl)on3)cc2)cc1. The van der Waals surface area contributed by atoms with E-state index < -0.39 is 5.41 Å². The highest BCUT2D eigenvalue weighted by Crippen LogP contribution is 2.34. The standard InChI is InChI=1S/C42H43ClN6O4/c1-7-26-11-13-27(14-12-26)39(50)46-31-19-15-30(16-20-31)45-37-24-35(53-49-37)42(5,6)25-28-9-8-10-33(38(28)43)40(51)47-32-21-17-29(18-22-32)44-36-23-34(52-48-36)41(2,3)4/h8-24H,7,25H2,1-6H3,(H,44,48)(H,45,49)(H,46,50)(H,47,51). The maximum Gasteiger partial charge on any atom is 0.257 e. The van der Waals surface area contributed by atoms with E-state index in [1.807, 2.05) is 98.8 Å². The van der Waals surface area contributed by atoms with Crippen molar-refractivity contribution in [3.05, 3.63) is 142 Å². The molecule has 0 aliphatic rings. The molecule has 2 heterocycles. The summed E-state index contributed by atoms with van der Waals surface area (Å²) < 4.78 is 11.2. The van der Waals surface area contributed by atoms with Crippen molar-refractivity contribution in [1.29, 1.82) is 0 Å².